The second-order valence-electron chi connectivity index (χ2n) is 8.00. The highest BCUT2D eigenvalue weighted by Crippen LogP contribution is 2.26. The fourth-order valence-electron chi connectivity index (χ4n) is 3.13. The van der Waals surface area contributed by atoms with Gasteiger partial charge in [0, 0.05) is 17.7 Å². The van der Waals surface area contributed by atoms with Gasteiger partial charge < -0.3 is 15.4 Å². The molecule has 0 unspecified atom stereocenters. The van der Waals surface area contributed by atoms with Gasteiger partial charge in [0.25, 0.3) is 5.91 Å². The Hall–Kier alpha value is -2.83. The summed E-state index contributed by atoms with van der Waals surface area (Å²) in [7, 11) is 0. The van der Waals surface area contributed by atoms with Crippen molar-refractivity contribution < 1.29 is 14.3 Å². The van der Waals surface area contributed by atoms with E-state index in [1.54, 1.807) is 4.90 Å². The normalized spacial score (nSPS) is 14.0. The molecule has 144 valence electrons. The van der Waals surface area contributed by atoms with Gasteiger partial charge >= 0.3 is 6.09 Å². The molecule has 0 spiro atoms. The molecule has 27 heavy (non-hydrogen) atoms. The molecule has 1 aliphatic rings. The Labute approximate surface area is 159 Å². The van der Waals surface area contributed by atoms with E-state index in [-0.39, 0.29) is 18.5 Å². The van der Waals surface area contributed by atoms with E-state index in [4.69, 9.17) is 10.5 Å². The molecule has 0 saturated heterocycles. The minimum Gasteiger partial charge on any atom is -0.444 e. The SMILES string of the molecule is Cc1ccc(C)c(C(=O)n2nc3c(c2N)CCN(C(=O)OC(C)(C)C)C3)c1. The molecule has 7 heteroatoms. The maximum atomic E-state index is 13.0. The van der Waals surface area contributed by atoms with Gasteiger partial charge in [-0.1, -0.05) is 17.7 Å². The van der Waals surface area contributed by atoms with Gasteiger partial charge in [0.2, 0.25) is 0 Å². The smallest absolute Gasteiger partial charge is 0.410 e. The van der Waals surface area contributed by atoms with Crippen molar-refractivity contribution >= 4 is 17.8 Å². The summed E-state index contributed by atoms with van der Waals surface area (Å²) in [6.45, 7) is 10.1. The van der Waals surface area contributed by atoms with Crippen molar-refractivity contribution in [1.29, 1.82) is 0 Å². The van der Waals surface area contributed by atoms with Crippen LogP contribution in [0, 0.1) is 13.8 Å². The van der Waals surface area contributed by atoms with Crippen molar-refractivity contribution in [3.63, 3.8) is 0 Å². The summed E-state index contributed by atoms with van der Waals surface area (Å²) in [4.78, 5) is 26.9. The Morgan fingerprint density at radius 3 is 2.59 bits per heavy atom. The molecule has 1 aromatic heterocycles. The van der Waals surface area contributed by atoms with Gasteiger partial charge in [-0.05, 0) is 52.7 Å². The predicted octanol–water partition coefficient (Wildman–Crippen LogP) is 3.06. The van der Waals surface area contributed by atoms with Crippen molar-refractivity contribution in [1.82, 2.24) is 14.7 Å². The minimum atomic E-state index is -0.561. The standard InChI is InChI=1S/C20H26N4O3/c1-12-6-7-13(2)15(10-12)18(25)24-17(21)14-8-9-23(11-16(14)22-24)19(26)27-20(3,4)5/h6-7,10H,8-9,11,21H2,1-5H3. The molecule has 1 aliphatic heterocycles. The topological polar surface area (TPSA) is 90.5 Å². The molecule has 3 rings (SSSR count). The molecule has 0 atom stereocenters. The number of fused-ring (bicyclic) bond motifs is 1. The molecule has 2 aromatic rings. The number of ether oxygens (including phenoxy) is 1. The summed E-state index contributed by atoms with van der Waals surface area (Å²) < 4.78 is 6.68. The molecule has 0 fully saturated rings. The van der Waals surface area contributed by atoms with Crippen LogP contribution in [0.5, 0.6) is 0 Å². The zero-order valence-corrected chi connectivity index (χ0v) is 16.5. The zero-order valence-electron chi connectivity index (χ0n) is 16.5. The lowest BCUT2D eigenvalue weighted by Crippen LogP contribution is -2.39. The van der Waals surface area contributed by atoms with E-state index in [2.05, 4.69) is 5.10 Å². The summed E-state index contributed by atoms with van der Waals surface area (Å²) in [5.74, 6) is 0.0895. The number of carbonyl (C=O) groups is 2. The van der Waals surface area contributed by atoms with E-state index in [1.165, 1.54) is 4.68 Å². The number of nitrogen functional groups attached to an aromatic ring is 1. The Kier molecular flexibility index (Phi) is 4.71. The van der Waals surface area contributed by atoms with Crippen LogP contribution in [-0.2, 0) is 17.7 Å². The first kappa shape index (κ1) is 18.9. The first-order chi connectivity index (χ1) is 12.6. The van der Waals surface area contributed by atoms with E-state index < -0.39 is 5.60 Å². The van der Waals surface area contributed by atoms with Crippen LogP contribution < -0.4 is 5.73 Å². The number of amides is 1. The number of nitrogens with zero attached hydrogens (tertiary/aromatic N) is 3. The van der Waals surface area contributed by atoms with Crippen LogP contribution in [0.2, 0.25) is 0 Å². The van der Waals surface area contributed by atoms with Crippen molar-refractivity contribution in [2.75, 3.05) is 12.3 Å². The molecule has 2 heterocycles. The van der Waals surface area contributed by atoms with Crippen LogP contribution in [0.3, 0.4) is 0 Å². The van der Waals surface area contributed by atoms with Gasteiger partial charge in [0.1, 0.15) is 11.4 Å². The van der Waals surface area contributed by atoms with Gasteiger partial charge in [0.15, 0.2) is 0 Å². The average Bonchev–Trinajstić information content (AvgIpc) is 2.91. The highest BCUT2D eigenvalue weighted by molar-refractivity contribution is 5.98. The first-order valence-corrected chi connectivity index (χ1v) is 9.03. The third-order valence-electron chi connectivity index (χ3n) is 4.55. The second kappa shape index (κ2) is 6.72. The average molecular weight is 370 g/mol. The highest BCUT2D eigenvalue weighted by atomic mass is 16.6. The van der Waals surface area contributed by atoms with Crippen molar-refractivity contribution in [3.8, 4) is 0 Å². The minimum absolute atomic E-state index is 0.257. The van der Waals surface area contributed by atoms with Crippen LogP contribution in [0.15, 0.2) is 18.2 Å². The summed E-state index contributed by atoms with van der Waals surface area (Å²) in [6, 6.07) is 5.71. The number of rotatable bonds is 1. The molecule has 0 aliphatic carbocycles. The molecule has 0 radical (unpaired) electrons. The molecular formula is C20H26N4O3. The Morgan fingerprint density at radius 1 is 1.22 bits per heavy atom. The lowest BCUT2D eigenvalue weighted by molar-refractivity contribution is 0.0221. The quantitative estimate of drug-likeness (QED) is 0.833. The molecule has 0 saturated carbocycles. The maximum Gasteiger partial charge on any atom is 0.410 e. The number of benzene rings is 1. The van der Waals surface area contributed by atoms with E-state index in [0.717, 1.165) is 16.7 Å². The fraction of sp³-hybridized carbons (Fsp3) is 0.450. The van der Waals surface area contributed by atoms with Gasteiger partial charge in [-0.25, -0.2) is 4.79 Å². The Balaban J connectivity index is 1.87. The van der Waals surface area contributed by atoms with E-state index in [9.17, 15) is 9.59 Å². The lowest BCUT2D eigenvalue weighted by Gasteiger charge is -2.29. The highest BCUT2D eigenvalue weighted by Gasteiger charge is 2.30. The van der Waals surface area contributed by atoms with Gasteiger partial charge in [-0.15, -0.1) is 0 Å². The summed E-state index contributed by atoms with van der Waals surface area (Å²) >= 11 is 0. The number of anilines is 1. The Morgan fingerprint density at radius 2 is 1.93 bits per heavy atom. The first-order valence-electron chi connectivity index (χ1n) is 9.03. The number of hydrogen-bond acceptors (Lipinski definition) is 5. The number of hydrogen-bond donors (Lipinski definition) is 1. The zero-order chi connectivity index (χ0) is 19.9. The van der Waals surface area contributed by atoms with Crippen LogP contribution in [0.1, 0.15) is 53.5 Å². The summed E-state index contributed by atoms with van der Waals surface area (Å²) in [5.41, 5.74) is 9.57. The molecule has 7 nitrogen and oxygen atoms in total. The van der Waals surface area contributed by atoms with Gasteiger partial charge in [-0.3, -0.25) is 4.79 Å². The lowest BCUT2D eigenvalue weighted by atomic mass is 10.0. The monoisotopic (exact) mass is 370 g/mol. The molecule has 0 bridgehead atoms. The predicted molar refractivity (Wildman–Crippen MR) is 103 cm³/mol. The maximum absolute atomic E-state index is 13.0. The number of aromatic nitrogens is 2. The summed E-state index contributed by atoms with van der Waals surface area (Å²) in [6.07, 6.45) is 0.155. The molecule has 2 N–H and O–H groups in total. The van der Waals surface area contributed by atoms with E-state index in [1.807, 2.05) is 52.8 Å². The number of aryl methyl sites for hydroxylation is 2. The molecular weight excluding hydrogens is 344 g/mol. The number of carbonyl (C=O) groups excluding carboxylic acids is 2. The van der Waals surface area contributed by atoms with E-state index in [0.29, 0.717) is 30.0 Å². The third-order valence-corrected chi connectivity index (χ3v) is 4.55. The molecule has 1 amide bonds. The van der Waals surface area contributed by atoms with E-state index >= 15 is 0 Å². The van der Waals surface area contributed by atoms with Crippen LogP contribution in [-0.4, -0.2) is 38.8 Å². The largest absolute Gasteiger partial charge is 0.444 e. The third kappa shape index (κ3) is 3.82. The fourth-order valence-corrected chi connectivity index (χ4v) is 3.13. The van der Waals surface area contributed by atoms with Crippen LogP contribution >= 0.6 is 0 Å². The number of nitrogens with two attached hydrogens (primary N) is 1. The molecule has 1 aromatic carbocycles. The van der Waals surface area contributed by atoms with Crippen LogP contribution in [0.25, 0.3) is 0 Å². The summed E-state index contributed by atoms with van der Waals surface area (Å²) in [5, 5.41) is 4.42. The van der Waals surface area contributed by atoms with Crippen molar-refractivity contribution in [3.05, 3.63) is 46.1 Å². The van der Waals surface area contributed by atoms with Gasteiger partial charge in [-0.2, -0.15) is 9.78 Å². The van der Waals surface area contributed by atoms with Crippen LogP contribution in [0.4, 0.5) is 10.6 Å². The van der Waals surface area contributed by atoms with Crippen molar-refractivity contribution in [2.45, 2.75) is 53.2 Å². The van der Waals surface area contributed by atoms with Gasteiger partial charge in [0.05, 0.1) is 12.2 Å². The van der Waals surface area contributed by atoms with Crippen molar-refractivity contribution in [2.24, 2.45) is 0 Å². The Bertz CT molecular complexity index is 909. The second-order valence-corrected chi connectivity index (χ2v) is 8.00.